The van der Waals surface area contributed by atoms with E-state index in [4.69, 9.17) is 26.8 Å². The SMILES string of the molecule is Cl.NC1(C(=O)Nc2cc3c(cc2Cl)OCCO3)CCCC1. The van der Waals surface area contributed by atoms with E-state index in [1.54, 1.807) is 12.1 Å². The summed E-state index contributed by atoms with van der Waals surface area (Å²) in [5.74, 6) is 1.00. The summed E-state index contributed by atoms with van der Waals surface area (Å²) in [7, 11) is 0. The highest BCUT2D eigenvalue weighted by Gasteiger charge is 2.37. The quantitative estimate of drug-likeness (QED) is 0.873. The monoisotopic (exact) mass is 332 g/mol. The van der Waals surface area contributed by atoms with Crippen LogP contribution in [0.15, 0.2) is 12.1 Å². The van der Waals surface area contributed by atoms with Gasteiger partial charge in [-0.15, -0.1) is 12.4 Å². The van der Waals surface area contributed by atoms with Gasteiger partial charge < -0.3 is 20.5 Å². The normalized spacial score (nSPS) is 18.8. The summed E-state index contributed by atoms with van der Waals surface area (Å²) in [6.45, 7) is 0.990. The highest BCUT2D eigenvalue weighted by molar-refractivity contribution is 6.34. The lowest BCUT2D eigenvalue weighted by Crippen LogP contribution is -2.48. The third-order valence-electron chi connectivity index (χ3n) is 3.83. The number of benzene rings is 1. The average Bonchev–Trinajstić information content (AvgIpc) is 2.88. The number of nitrogens with two attached hydrogens (primary N) is 1. The zero-order valence-electron chi connectivity index (χ0n) is 11.5. The molecule has 1 amide bonds. The highest BCUT2D eigenvalue weighted by atomic mass is 35.5. The molecular formula is C14H18Cl2N2O3. The second-order valence-corrected chi connectivity index (χ2v) is 5.70. The molecule has 0 spiro atoms. The van der Waals surface area contributed by atoms with Crippen LogP contribution in [0.25, 0.3) is 0 Å². The molecule has 1 heterocycles. The Morgan fingerprint density at radius 1 is 1.19 bits per heavy atom. The summed E-state index contributed by atoms with van der Waals surface area (Å²) >= 11 is 6.17. The van der Waals surface area contributed by atoms with Crippen LogP contribution >= 0.6 is 24.0 Å². The Morgan fingerprint density at radius 2 is 1.76 bits per heavy atom. The molecule has 21 heavy (non-hydrogen) atoms. The minimum Gasteiger partial charge on any atom is -0.486 e. The van der Waals surface area contributed by atoms with E-state index >= 15 is 0 Å². The van der Waals surface area contributed by atoms with Gasteiger partial charge in [0, 0.05) is 12.1 Å². The Labute approximate surface area is 134 Å². The van der Waals surface area contributed by atoms with E-state index in [9.17, 15) is 4.79 Å². The molecule has 116 valence electrons. The first kappa shape index (κ1) is 16.2. The molecule has 0 radical (unpaired) electrons. The summed E-state index contributed by atoms with van der Waals surface area (Å²) < 4.78 is 10.9. The van der Waals surface area contributed by atoms with Crippen LogP contribution in [0.4, 0.5) is 5.69 Å². The first-order chi connectivity index (χ1) is 9.58. The number of amides is 1. The van der Waals surface area contributed by atoms with Crippen LogP contribution in [0.5, 0.6) is 11.5 Å². The van der Waals surface area contributed by atoms with Crippen molar-refractivity contribution in [1.29, 1.82) is 0 Å². The maximum Gasteiger partial charge on any atom is 0.244 e. The van der Waals surface area contributed by atoms with Gasteiger partial charge in [0.15, 0.2) is 11.5 Å². The molecule has 2 aliphatic rings. The predicted molar refractivity (Wildman–Crippen MR) is 83.7 cm³/mol. The Hall–Kier alpha value is -1.17. The van der Waals surface area contributed by atoms with Gasteiger partial charge in [0.05, 0.1) is 16.2 Å². The fourth-order valence-corrected chi connectivity index (χ4v) is 2.84. The third kappa shape index (κ3) is 3.20. The van der Waals surface area contributed by atoms with Crippen molar-refractivity contribution in [1.82, 2.24) is 0 Å². The Kier molecular flexibility index (Phi) is 4.86. The van der Waals surface area contributed by atoms with Gasteiger partial charge in [-0.1, -0.05) is 24.4 Å². The van der Waals surface area contributed by atoms with E-state index in [-0.39, 0.29) is 18.3 Å². The molecule has 1 aromatic carbocycles. The molecule has 1 fully saturated rings. The van der Waals surface area contributed by atoms with E-state index in [1.165, 1.54) is 0 Å². The van der Waals surface area contributed by atoms with E-state index in [2.05, 4.69) is 5.32 Å². The molecule has 1 aliphatic heterocycles. The van der Waals surface area contributed by atoms with Crippen molar-refractivity contribution in [3.05, 3.63) is 17.2 Å². The van der Waals surface area contributed by atoms with Gasteiger partial charge in [0.25, 0.3) is 0 Å². The van der Waals surface area contributed by atoms with E-state index < -0.39 is 5.54 Å². The van der Waals surface area contributed by atoms with Crippen LogP contribution < -0.4 is 20.5 Å². The molecule has 5 nitrogen and oxygen atoms in total. The minimum absolute atomic E-state index is 0. The fourth-order valence-electron chi connectivity index (χ4n) is 2.64. The Bertz CT molecular complexity index is 545. The van der Waals surface area contributed by atoms with Crippen LogP contribution in [0.3, 0.4) is 0 Å². The number of nitrogens with one attached hydrogen (secondary N) is 1. The molecule has 0 aromatic heterocycles. The molecule has 1 aromatic rings. The van der Waals surface area contributed by atoms with E-state index in [0.717, 1.165) is 12.8 Å². The summed E-state index contributed by atoms with van der Waals surface area (Å²) in [6.07, 6.45) is 3.39. The number of carbonyl (C=O) groups is 1. The van der Waals surface area contributed by atoms with Crippen molar-refractivity contribution in [2.75, 3.05) is 18.5 Å². The number of hydrogen-bond acceptors (Lipinski definition) is 4. The van der Waals surface area contributed by atoms with Crippen molar-refractivity contribution in [2.45, 2.75) is 31.2 Å². The van der Waals surface area contributed by atoms with Crippen molar-refractivity contribution in [2.24, 2.45) is 5.73 Å². The fraction of sp³-hybridized carbons (Fsp3) is 0.500. The molecule has 0 atom stereocenters. The summed E-state index contributed by atoms with van der Waals surface area (Å²) in [5, 5.41) is 3.23. The lowest BCUT2D eigenvalue weighted by molar-refractivity contribution is -0.121. The number of hydrogen-bond donors (Lipinski definition) is 2. The average molecular weight is 333 g/mol. The second-order valence-electron chi connectivity index (χ2n) is 5.29. The molecule has 0 unspecified atom stereocenters. The lowest BCUT2D eigenvalue weighted by Gasteiger charge is -2.24. The molecular weight excluding hydrogens is 315 g/mol. The molecule has 0 bridgehead atoms. The van der Waals surface area contributed by atoms with Crippen LogP contribution in [0, 0.1) is 0 Å². The summed E-state index contributed by atoms with van der Waals surface area (Å²) in [6, 6.07) is 3.34. The number of carbonyl (C=O) groups excluding carboxylic acids is 1. The van der Waals surface area contributed by atoms with E-state index in [0.29, 0.717) is 48.3 Å². The molecule has 7 heteroatoms. The lowest BCUT2D eigenvalue weighted by atomic mass is 9.98. The van der Waals surface area contributed by atoms with Crippen molar-refractivity contribution < 1.29 is 14.3 Å². The first-order valence-electron chi connectivity index (χ1n) is 6.78. The van der Waals surface area contributed by atoms with Crippen LogP contribution in [0.2, 0.25) is 5.02 Å². The predicted octanol–water partition coefficient (Wildman–Crippen LogP) is 2.74. The van der Waals surface area contributed by atoms with Crippen LogP contribution in [0.1, 0.15) is 25.7 Å². The van der Waals surface area contributed by atoms with Gasteiger partial charge in [-0.25, -0.2) is 0 Å². The Balaban J connectivity index is 0.00000161. The number of rotatable bonds is 2. The number of halogens is 2. The molecule has 1 aliphatic carbocycles. The summed E-state index contributed by atoms with van der Waals surface area (Å²) in [4.78, 5) is 12.3. The smallest absolute Gasteiger partial charge is 0.244 e. The van der Waals surface area contributed by atoms with Gasteiger partial charge in [-0.2, -0.15) is 0 Å². The Morgan fingerprint density at radius 3 is 2.38 bits per heavy atom. The largest absolute Gasteiger partial charge is 0.486 e. The zero-order valence-corrected chi connectivity index (χ0v) is 13.1. The second kappa shape index (κ2) is 6.30. The first-order valence-corrected chi connectivity index (χ1v) is 7.16. The van der Waals surface area contributed by atoms with Gasteiger partial charge in [-0.05, 0) is 12.8 Å². The van der Waals surface area contributed by atoms with Crippen molar-refractivity contribution >= 4 is 35.6 Å². The maximum atomic E-state index is 12.3. The summed E-state index contributed by atoms with van der Waals surface area (Å²) in [5.41, 5.74) is 5.86. The molecule has 3 N–H and O–H groups in total. The van der Waals surface area contributed by atoms with Gasteiger partial charge in [0.1, 0.15) is 13.2 Å². The van der Waals surface area contributed by atoms with E-state index in [1.807, 2.05) is 0 Å². The standard InChI is InChI=1S/C14H17ClN2O3.ClH/c15-9-7-11-12(20-6-5-19-11)8-10(9)17-13(18)14(16)3-1-2-4-14;/h7-8H,1-6,16H2,(H,17,18);1H. The van der Waals surface area contributed by atoms with Gasteiger partial charge in [-0.3, -0.25) is 4.79 Å². The van der Waals surface area contributed by atoms with Crippen molar-refractivity contribution in [3.8, 4) is 11.5 Å². The van der Waals surface area contributed by atoms with Gasteiger partial charge in [0.2, 0.25) is 5.91 Å². The van der Waals surface area contributed by atoms with Crippen LogP contribution in [-0.2, 0) is 4.79 Å². The number of anilines is 1. The third-order valence-corrected chi connectivity index (χ3v) is 4.14. The highest BCUT2D eigenvalue weighted by Crippen LogP contribution is 2.38. The number of ether oxygens (including phenoxy) is 2. The van der Waals surface area contributed by atoms with Crippen molar-refractivity contribution in [3.63, 3.8) is 0 Å². The molecule has 1 saturated carbocycles. The molecule has 3 rings (SSSR count). The van der Waals surface area contributed by atoms with Gasteiger partial charge >= 0.3 is 0 Å². The maximum absolute atomic E-state index is 12.3. The molecule has 0 saturated heterocycles. The minimum atomic E-state index is -0.781. The zero-order chi connectivity index (χ0) is 14.2. The topological polar surface area (TPSA) is 73.6 Å². The number of fused-ring (bicyclic) bond motifs is 1. The van der Waals surface area contributed by atoms with Crippen LogP contribution in [-0.4, -0.2) is 24.7 Å².